The summed E-state index contributed by atoms with van der Waals surface area (Å²) in [7, 11) is -2.87. The number of halogens is 12. The van der Waals surface area contributed by atoms with Crippen LogP contribution in [0.2, 0.25) is 0 Å². The van der Waals surface area contributed by atoms with Crippen LogP contribution < -0.4 is 0 Å². The average Bonchev–Trinajstić information content (AvgIpc) is 0.749. The number of hydrogen-bond acceptors (Lipinski definition) is 6. The van der Waals surface area contributed by atoms with E-state index in [9.17, 15) is 76.2 Å². The monoisotopic (exact) mass is 1410 g/mol. The molecule has 0 atom stereocenters. The highest BCUT2D eigenvalue weighted by Gasteiger charge is 2.32. The number of nitriles is 1. The lowest BCUT2D eigenvalue weighted by Gasteiger charge is -2.32. The zero-order valence-electron chi connectivity index (χ0n) is 56.9. The largest absolute Gasteiger partial charge is 0.290 e. The topological polar surface area (TPSA) is 115 Å². The van der Waals surface area contributed by atoms with E-state index in [4.69, 9.17) is 5.26 Å². The fourth-order valence-electron chi connectivity index (χ4n) is 9.45. The second-order valence-corrected chi connectivity index (χ2v) is 25.6. The third-order valence-corrected chi connectivity index (χ3v) is 17.7. The number of rotatable bonds is 9. The van der Waals surface area contributed by atoms with Gasteiger partial charge in [0.1, 0.15) is 0 Å². The third kappa shape index (κ3) is 19.4. The summed E-state index contributed by atoms with van der Waals surface area (Å²) in [6.45, 7) is 19.2. The van der Waals surface area contributed by atoms with Crippen molar-refractivity contribution < 1.29 is 76.2 Å². The Kier molecular flexibility index (Phi) is 27.4. The molecule has 0 bridgehead atoms. The zero-order valence-corrected chi connectivity index (χ0v) is 57.7. The molecule has 19 heteroatoms. The molecular formula is C82H69F12NO5S. The van der Waals surface area contributed by atoms with Gasteiger partial charge in [0.2, 0.25) is 0 Å². The highest BCUT2D eigenvalue weighted by Crippen LogP contribution is 2.55. The first-order valence-electron chi connectivity index (χ1n) is 30.9. The van der Waals surface area contributed by atoms with Gasteiger partial charge in [0.05, 0.1) is 32.6 Å². The van der Waals surface area contributed by atoms with Gasteiger partial charge in [-0.25, -0.2) is 52.7 Å². The van der Waals surface area contributed by atoms with E-state index in [0.717, 1.165) is 63.9 Å². The molecule has 0 amide bonds. The summed E-state index contributed by atoms with van der Waals surface area (Å²) in [4.78, 5) is 38.1. The number of ketones is 3. The summed E-state index contributed by atoms with van der Waals surface area (Å²) in [5, 5.41) is 8.65. The summed E-state index contributed by atoms with van der Waals surface area (Å²) >= 11 is 0. The maximum Gasteiger partial charge on any atom is 0.193 e. The van der Waals surface area contributed by atoms with Gasteiger partial charge >= 0.3 is 0 Å². The summed E-state index contributed by atoms with van der Waals surface area (Å²) < 4.78 is 180. The first-order valence-corrected chi connectivity index (χ1v) is 32.4. The van der Waals surface area contributed by atoms with Crippen molar-refractivity contribution in [2.24, 2.45) is 0 Å². The molecule has 0 aromatic heterocycles. The SMILES string of the molecule is Cc1c(F)c(F)c(-c2c(F)c(F)c(C)c(F)c2F)c(F)c1F.Cc1c(F)c(F)c(C)c(F)c1F.Cc1ccc(C(=O)c2ccc(C(=O)c3ccc(C)cc3)cc2)cc1.Cc1ccc(C(=O)c2ccc(C)cc2)cc1.Cc1ccc(S(O)(O)c2ccc(C)cc2)cc1.Cc1cccc(C)c1C#N. The molecule has 11 aromatic rings. The van der Waals surface area contributed by atoms with Gasteiger partial charge in [-0.15, -0.1) is 10.6 Å². The van der Waals surface area contributed by atoms with Gasteiger partial charge in [-0.1, -0.05) is 197 Å². The molecule has 101 heavy (non-hydrogen) atoms. The zero-order chi connectivity index (χ0) is 75.1. The Morgan fingerprint density at radius 1 is 0.277 bits per heavy atom. The second-order valence-electron chi connectivity index (χ2n) is 23.6. The Morgan fingerprint density at radius 2 is 0.446 bits per heavy atom. The Bertz CT molecular complexity index is 4420. The Labute approximate surface area is 580 Å². The summed E-state index contributed by atoms with van der Waals surface area (Å²) in [5.74, 6) is -21.6. The molecule has 0 aliphatic rings. The number of nitrogens with zero attached hydrogens (tertiary/aromatic N) is 1. The van der Waals surface area contributed by atoms with Crippen LogP contribution in [0.15, 0.2) is 198 Å². The van der Waals surface area contributed by atoms with Crippen LogP contribution in [-0.2, 0) is 0 Å². The maximum atomic E-state index is 13.8. The average molecular weight is 1410 g/mol. The van der Waals surface area contributed by atoms with Crippen molar-refractivity contribution in [3.63, 3.8) is 0 Å². The molecule has 0 aliphatic heterocycles. The summed E-state index contributed by atoms with van der Waals surface area (Å²) in [5.41, 5.74) is 6.54. The van der Waals surface area contributed by atoms with Gasteiger partial charge in [0.15, 0.2) is 87.2 Å². The third-order valence-electron chi connectivity index (χ3n) is 15.9. The molecule has 0 fully saturated rings. The molecule has 2 N–H and O–H groups in total. The van der Waals surface area contributed by atoms with E-state index in [1.807, 2.05) is 195 Å². The fourth-order valence-corrected chi connectivity index (χ4v) is 10.8. The second kappa shape index (κ2) is 34.9. The van der Waals surface area contributed by atoms with Crippen LogP contribution in [0, 0.1) is 164 Å². The van der Waals surface area contributed by atoms with Gasteiger partial charge in [-0.3, -0.25) is 23.5 Å². The number of carbonyl (C=O) groups is 3. The van der Waals surface area contributed by atoms with E-state index >= 15 is 0 Å². The highest BCUT2D eigenvalue weighted by atomic mass is 32.3. The maximum absolute atomic E-state index is 13.8. The summed E-state index contributed by atoms with van der Waals surface area (Å²) in [6, 6.07) is 59.8. The smallest absolute Gasteiger partial charge is 0.193 e. The van der Waals surface area contributed by atoms with Crippen LogP contribution in [0.25, 0.3) is 11.1 Å². The van der Waals surface area contributed by atoms with Crippen molar-refractivity contribution >= 4 is 27.9 Å². The minimum Gasteiger partial charge on any atom is -0.290 e. The van der Waals surface area contributed by atoms with Gasteiger partial charge < -0.3 is 0 Å². The lowest BCUT2D eigenvalue weighted by atomic mass is 9.98. The van der Waals surface area contributed by atoms with Crippen LogP contribution in [-0.4, -0.2) is 26.5 Å². The Morgan fingerprint density at radius 3 is 0.624 bits per heavy atom. The quantitative estimate of drug-likeness (QED) is 0.0845. The minimum absolute atomic E-state index is 0.0377. The molecule has 0 saturated carbocycles. The first kappa shape index (κ1) is 79.3. The molecule has 522 valence electrons. The minimum atomic E-state index is -2.87. The van der Waals surface area contributed by atoms with E-state index in [0.29, 0.717) is 45.9 Å². The molecule has 0 saturated heterocycles. The predicted octanol–water partition coefficient (Wildman–Crippen LogP) is 22.9. The first-order chi connectivity index (χ1) is 47.5. The van der Waals surface area contributed by atoms with Crippen LogP contribution in [0.5, 0.6) is 0 Å². The van der Waals surface area contributed by atoms with Crippen molar-refractivity contribution in [2.75, 3.05) is 0 Å². The van der Waals surface area contributed by atoms with E-state index in [-0.39, 0.29) is 17.3 Å². The molecule has 6 nitrogen and oxygen atoms in total. The lowest BCUT2D eigenvalue weighted by Crippen LogP contribution is -2.09. The van der Waals surface area contributed by atoms with E-state index in [1.165, 1.54) is 11.1 Å². The summed E-state index contributed by atoms with van der Waals surface area (Å²) in [6.07, 6.45) is 0. The highest BCUT2D eigenvalue weighted by molar-refractivity contribution is 8.24. The van der Waals surface area contributed by atoms with Crippen LogP contribution >= 0.6 is 10.6 Å². The van der Waals surface area contributed by atoms with Crippen molar-refractivity contribution in [1.82, 2.24) is 0 Å². The van der Waals surface area contributed by atoms with Crippen molar-refractivity contribution in [2.45, 2.75) is 92.9 Å². The normalized spacial score (nSPS) is 10.7. The number of hydrogen-bond donors (Lipinski definition) is 2. The fraction of sp³-hybridized carbons (Fsp3) is 0.146. The van der Waals surface area contributed by atoms with Crippen LogP contribution in [0.4, 0.5) is 52.7 Å². The van der Waals surface area contributed by atoms with Crippen LogP contribution in [0.3, 0.4) is 0 Å². The molecule has 0 unspecified atom stereocenters. The molecule has 0 spiro atoms. The van der Waals surface area contributed by atoms with Gasteiger partial charge in [-0.2, -0.15) is 5.26 Å². The lowest BCUT2D eigenvalue weighted by molar-refractivity contribution is 0.102. The van der Waals surface area contributed by atoms with Crippen molar-refractivity contribution in [1.29, 1.82) is 5.26 Å². The van der Waals surface area contributed by atoms with E-state index in [2.05, 4.69) is 6.07 Å². The van der Waals surface area contributed by atoms with Gasteiger partial charge in [-0.05, 0) is 118 Å². The number of carbonyl (C=O) groups excluding carboxylic acids is 3. The Balaban J connectivity index is 0.000000195. The number of benzene rings is 11. The molecule has 0 aliphatic carbocycles. The molecule has 11 aromatic carbocycles. The standard InChI is InChI=1S/C22H18O2.C15H14O.C14H6F8.C14H16O2S.C9H9N.C8H6F4/c1-15-3-7-17(8-4-15)21(23)19-11-13-20(14-12-19)22(24)18-9-5-16(2)6-10-18;1-11-3-7-13(8-4-11)15(16)14-9-5-12(2)6-10-14;1-3-7(15)11(19)5(12(20)8(3)16)6-13(21)9(17)4(2)10(18)14(6)22;1-11-3-7-13(8-4-11)17(15,16)14-9-5-12(2)6-10-14;1-7-4-3-5-8(2)9(7)6-10;1-3-5(9)7(11)4(2)8(12)6(3)10/h3-14H,1-2H3;3-10H,1-2H3;1-2H3;3-10,15-16H,1-2H3;3-5H,1-2H3;1-2H3. The van der Waals surface area contributed by atoms with E-state index in [1.54, 1.807) is 48.5 Å². The number of aryl methyl sites for hydroxylation is 8. The Hall–Kier alpha value is -10.7. The van der Waals surface area contributed by atoms with Crippen molar-refractivity contribution in [3.8, 4) is 17.2 Å². The van der Waals surface area contributed by atoms with Crippen LogP contribution in [0.1, 0.15) is 120 Å². The molecule has 0 heterocycles. The van der Waals surface area contributed by atoms with Gasteiger partial charge in [0.25, 0.3) is 0 Å². The van der Waals surface area contributed by atoms with Gasteiger partial charge in [0, 0.05) is 55.6 Å². The molecular weight excluding hydrogens is 1340 g/mol. The van der Waals surface area contributed by atoms with Crippen molar-refractivity contribution in [3.05, 3.63) is 364 Å². The molecule has 0 radical (unpaired) electrons. The van der Waals surface area contributed by atoms with E-state index < -0.39 is 114 Å². The molecule has 11 rings (SSSR count). The predicted molar refractivity (Wildman–Crippen MR) is 371 cm³/mol.